The Hall–Kier alpha value is -1.59. The SMILES string of the molecule is COC(=O)C(C(=O)O)(C(=O)OC(C)C)C(C)C. The molecule has 0 spiro atoms. The van der Waals surface area contributed by atoms with Crippen molar-refractivity contribution >= 4 is 17.9 Å². The molecule has 0 radical (unpaired) electrons. The average molecular weight is 246 g/mol. The fraction of sp³-hybridized carbons (Fsp3) is 0.727. The first-order valence-electron chi connectivity index (χ1n) is 5.24. The number of carboxylic acid groups (broad SMARTS) is 1. The molecule has 1 atom stereocenters. The summed E-state index contributed by atoms with van der Waals surface area (Å²) in [6.45, 7) is 6.05. The van der Waals surface area contributed by atoms with Crippen LogP contribution in [0.1, 0.15) is 27.7 Å². The highest BCUT2D eigenvalue weighted by Crippen LogP contribution is 2.32. The van der Waals surface area contributed by atoms with E-state index in [2.05, 4.69) is 4.74 Å². The van der Waals surface area contributed by atoms with Gasteiger partial charge in [0.15, 0.2) is 0 Å². The van der Waals surface area contributed by atoms with Crippen LogP contribution in [0.5, 0.6) is 0 Å². The van der Waals surface area contributed by atoms with Crippen molar-refractivity contribution < 1.29 is 29.0 Å². The van der Waals surface area contributed by atoms with Gasteiger partial charge in [-0.2, -0.15) is 0 Å². The maximum Gasteiger partial charge on any atom is 0.335 e. The number of hydrogen-bond acceptors (Lipinski definition) is 5. The Balaban J connectivity index is 5.57. The third-order valence-corrected chi connectivity index (χ3v) is 2.38. The van der Waals surface area contributed by atoms with Gasteiger partial charge in [0.1, 0.15) is 0 Å². The van der Waals surface area contributed by atoms with Gasteiger partial charge in [-0.25, -0.2) is 0 Å². The predicted octanol–water partition coefficient (Wildman–Crippen LogP) is 0.838. The summed E-state index contributed by atoms with van der Waals surface area (Å²) in [5, 5.41) is 9.18. The van der Waals surface area contributed by atoms with Crippen LogP contribution < -0.4 is 0 Å². The first kappa shape index (κ1) is 15.4. The summed E-state index contributed by atoms with van der Waals surface area (Å²) < 4.78 is 9.26. The average Bonchev–Trinajstić information content (AvgIpc) is 2.15. The Kier molecular flexibility index (Phi) is 5.12. The highest BCUT2D eigenvalue weighted by atomic mass is 16.6. The van der Waals surface area contributed by atoms with Gasteiger partial charge in [-0.3, -0.25) is 14.4 Å². The Morgan fingerprint density at radius 1 is 1.06 bits per heavy atom. The molecule has 0 aliphatic rings. The number of ether oxygens (including phenoxy) is 2. The Morgan fingerprint density at radius 2 is 1.53 bits per heavy atom. The summed E-state index contributed by atoms with van der Waals surface area (Å²) in [5.41, 5.74) is -2.31. The van der Waals surface area contributed by atoms with E-state index in [1.807, 2.05) is 0 Å². The number of aliphatic carboxylic acids is 1. The highest BCUT2D eigenvalue weighted by molar-refractivity contribution is 6.17. The fourth-order valence-electron chi connectivity index (χ4n) is 1.44. The van der Waals surface area contributed by atoms with Gasteiger partial charge in [0, 0.05) is 0 Å². The monoisotopic (exact) mass is 246 g/mol. The molecule has 0 aliphatic carbocycles. The maximum atomic E-state index is 11.9. The van der Waals surface area contributed by atoms with Crippen molar-refractivity contribution in [3.8, 4) is 0 Å². The second-order valence-corrected chi connectivity index (χ2v) is 4.21. The molecule has 0 saturated carbocycles. The lowest BCUT2D eigenvalue weighted by Gasteiger charge is -2.28. The second kappa shape index (κ2) is 5.65. The normalized spacial score (nSPS) is 14.3. The van der Waals surface area contributed by atoms with E-state index in [1.54, 1.807) is 13.8 Å². The molecular weight excluding hydrogens is 228 g/mol. The zero-order valence-electron chi connectivity index (χ0n) is 10.6. The molecule has 0 bridgehead atoms. The fourth-order valence-corrected chi connectivity index (χ4v) is 1.44. The first-order valence-corrected chi connectivity index (χ1v) is 5.24. The summed E-state index contributed by atoms with van der Waals surface area (Å²) in [5.74, 6) is -4.56. The number of rotatable bonds is 5. The lowest BCUT2D eigenvalue weighted by Crippen LogP contribution is -2.52. The molecule has 0 rings (SSSR count). The summed E-state index contributed by atoms with van der Waals surface area (Å²) >= 11 is 0. The number of esters is 2. The summed E-state index contributed by atoms with van der Waals surface area (Å²) in [7, 11) is 1.03. The molecule has 0 aliphatic heterocycles. The Morgan fingerprint density at radius 3 is 1.76 bits per heavy atom. The van der Waals surface area contributed by atoms with Gasteiger partial charge in [0.05, 0.1) is 13.2 Å². The quantitative estimate of drug-likeness (QED) is 0.571. The van der Waals surface area contributed by atoms with Gasteiger partial charge in [-0.15, -0.1) is 0 Å². The van der Waals surface area contributed by atoms with Crippen LogP contribution in [0.3, 0.4) is 0 Å². The molecule has 0 aromatic heterocycles. The summed E-state index contributed by atoms with van der Waals surface area (Å²) in [6.07, 6.45) is -0.510. The number of methoxy groups -OCH3 is 1. The number of carboxylic acids is 1. The highest BCUT2D eigenvalue weighted by Gasteiger charge is 2.58. The third-order valence-electron chi connectivity index (χ3n) is 2.38. The van der Waals surface area contributed by atoms with Gasteiger partial charge < -0.3 is 14.6 Å². The Labute approximate surface area is 99.9 Å². The van der Waals surface area contributed by atoms with E-state index in [0.29, 0.717) is 0 Å². The van der Waals surface area contributed by atoms with E-state index >= 15 is 0 Å². The standard InChI is InChI=1S/C11H18O6/c1-6(2)11(8(12)13,9(14)16-5)10(15)17-7(3)4/h6-7H,1-5H3,(H,12,13). The van der Waals surface area contributed by atoms with E-state index < -0.39 is 35.3 Å². The molecule has 1 unspecified atom stereocenters. The lowest BCUT2D eigenvalue weighted by molar-refractivity contribution is -0.186. The second-order valence-electron chi connectivity index (χ2n) is 4.21. The Bertz CT molecular complexity index is 320. The predicted molar refractivity (Wildman–Crippen MR) is 58.2 cm³/mol. The molecule has 0 saturated heterocycles. The summed E-state index contributed by atoms with van der Waals surface area (Å²) in [6, 6.07) is 0. The van der Waals surface area contributed by atoms with Gasteiger partial charge >= 0.3 is 17.9 Å². The van der Waals surface area contributed by atoms with Gasteiger partial charge in [0.25, 0.3) is 5.41 Å². The van der Waals surface area contributed by atoms with Crippen LogP contribution in [0.15, 0.2) is 0 Å². The first-order chi connectivity index (χ1) is 7.71. The molecule has 17 heavy (non-hydrogen) atoms. The number of hydrogen-bond donors (Lipinski definition) is 1. The van der Waals surface area contributed by atoms with Crippen molar-refractivity contribution in [2.45, 2.75) is 33.8 Å². The smallest absolute Gasteiger partial charge is 0.335 e. The molecular formula is C11H18O6. The molecule has 6 heteroatoms. The molecule has 0 aromatic rings. The van der Waals surface area contributed by atoms with Crippen LogP contribution in [-0.2, 0) is 23.9 Å². The van der Waals surface area contributed by atoms with Crippen molar-refractivity contribution in [3.05, 3.63) is 0 Å². The molecule has 6 nitrogen and oxygen atoms in total. The number of carbonyl (C=O) groups is 3. The minimum Gasteiger partial charge on any atom is -0.480 e. The van der Waals surface area contributed by atoms with Crippen LogP contribution >= 0.6 is 0 Å². The van der Waals surface area contributed by atoms with Crippen molar-refractivity contribution in [2.24, 2.45) is 11.3 Å². The largest absolute Gasteiger partial charge is 0.480 e. The summed E-state index contributed by atoms with van der Waals surface area (Å²) in [4.78, 5) is 34.8. The van der Waals surface area contributed by atoms with Crippen LogP contribution in [0.25, 0.3) is 0 Å². The molecule has 0 fully saturated rings. The van der Waals surface area contributed by atoms with Crippen LogP contribution in [0.2, 0.25) is 0 Å². The van der Waals surface area contributed by atoms with Crippen LogP contribution in [-0.4, -0.2) is 36.2 Å². The minimum atomic E-state index is -2.31. The molecule has 0 heterocycles. The van der Waals surface area contributed by atoms with Gasteiger partial charge in [-0.1, -0.05) is 13.8 Å². The van der Waals surface area contributed by atoms with E-state index in [1.165, 1.54) is 13.8 Å². The van der Waals surface area contributed by atoms with Gasteiger partial charge in [-0.05, 0) is 19.8 Å². The molecule has 0 amide bonds. The van der Waals surface area contributed by atoms with E-state index in [-0.39, 0.29) is 0 Å². The molecule has 98 valence electrons. The van der Waals surface area contributed by atoms with Crippen LogP contribution in [0.4, 0.5) is 0 Å². The van der Waals surface area contributed by atoms with Gasteiger partial charge in [0.2, 0.25) is 0 Å². The van der Waals surface area contributed by atoms with Crippen molar-refractivity contribution in [1.82, 2.24) is 0 Å². The molecule has 1 N–H and O–H groups in total. The van der Waals surface area contributed by atoms with E-state index in [9.17, 15) is 19.5 Å². The van der Waals surface area contributed by atoms with Crippen molar-refractivity contribution in [3.63, 3.8) is 0 Å². The lowest BCUT2D eigenvalue weighted by atomic mass is 9.77. The zero-order valence-corrected chi connectivity index (χ0v) is 10.6. The molecule has 0 aromatic carbocycles. The van der Waals surface area contributed by atoms with E-state index in [4.69, 9.17) is 4.74 Å². The minimum absolute atomic E-state index is 0.510. The number of carbonyl (C=O) groups excluding carboxylic acids is 2. The van der Waals surface area contributed by atoms with E-state index in [0.717, 1.165) is 7.11 Å². The van der Waals surface area contributed by atoms with Crippen molar-refractivity contribution in [1.29, 1.82) is 0 Å². The van der Waals surface area contributed by atoms with Crippen LogP contribution in [0, 0.1) is 11.3 Å². The van der Waals surface area contributed by atoms with Crippen molar-refractivity contribution in [2.75, 3.05) is 7.11 Å². The zero-order chi connectivity index (χ0) is 13.8. The third kappa shape index (κ3) is 2.75. The topological polar surface area (TPSA) is 89.9 Å². The maximum absolute atomic E-state index is 11.9.